The van der Waals surface area contributed by atoms with Crippen molar-refractivity contribution in [3.8, 4) is 0 Å². The summed E-state index contributed by atoms with van der Waals surface area (Å²) in [6.45, 7) is 1.62. The van der Waals surface area contributed by atoms with Gasteiger partial charge in [0.2, 0.25) is 5.91 Å². The van der Waals surface area contributed by atoms with Crippen molar-refractivity contribution in [2.75, 3.05) is 18.6 Å². The molecule has 0 radical (unpaired) electrons. The molecule has 1 amide bonds. The molecular weight excluding hydrogens is 238 g/mol. The molecule has 1 atom stereocenters. The number of alkyl halides is 1. The molecule has 0 aromatic carbocycles. The van der Waals surface area contributed by atoms with Crippen LogP contribution in [0.1, 0.15) is 19.8 Å². The van der Waals surface area contributed by atoms with Gasteiger partial charge in [0.1, 0.15) is 15.2 Å². The van der Waals surface area contributed by atoms with Crippen LogP contribution in [-0.4, -0.2) is 49.2 Å². The van der Waals surface area contributed by atoms with E-state index in [1.165, 1.54) is 0 Å². The molecule has 1 rings (SSSR count). The normalized spacial score (nSPS) is 23.4. The Kier molecular flexibility index (Phi) is 4.00. The predicted octanol–water partition coefficient (Wildman–Crippen LogP) is 0.649. The Morgan fingerprint density at radius 3 is 2.27 bits per heavy atom. The fourth-order valence-electron chi connectivity index (χ4n) is 1.73. The molecule has 0 aliphatic carbocycles. The average molecular weight is 254 g/mol. The van der Waals surface area contributed by atoms with Gasteiger partial charge >= 0.3 is 0 Å². The molecule has 0 aromatic rings. The SMILES string of the molecule is CC(Cl)C(=O)N(C)C1CCS(=O)(=O)CC1. The van der Waals surface area contributed by atoms with Gasteiger partial charge in [-0.2, -0.15) is 0 Å². The number of hydrogen-bond acceptors (Lipinski definition) is 3. The predicted molar refractivity (Wildman–Crippen MR) is 59.8 cm³/mol. The summed E-state index contributed by atoms with van der Waals surface area (Å²) in [7, 11) is -1.18. The number of carbonyl (C=O) groups is 1. The first kappa shape index (κ1) is 12.8. The molecule has 1 aliphatic heterocycles. The van der Waals surface area contributed by atoms with E-state index in [1.807, 2.05) is 0 Å². The van der Waals surface area contributed by atoms with Crippen molar-refractivity contribution < 1.29 is 13.2 Å². The third kappa shape index (κ3) is 3.34. The molecule has 4 nitrogen and oxygen atoms in total. The van der Waals surface area contributed by atoms with E-state index in [4.69, 9.17) is 11.6 Å². The third-order valence-electron chi connectivity index (χ3n) is 2.76. The van der Waals surface area contributed by atoms with Crippen LogP contribution in [0.15, 0.2) is 0 Å². The highest BCUT2D eigenvalue weighted by Crippen LogP contribution is 2.18. The first-order chi connectivity index (χ1) is 6.83. The molecular formula is C9H16ClNO3S. The lowest BCUT2D eigenvalue weighted by molar-refractivity contribution is -0.131. The summed E-state index contributed by atoms with van der Waals surface area (Å²) < 4.78 is 22.4. The summed E-state index contributed by atoms with van der Waals surface area (Å²) in [5.74, 6) is 0.207. The Bertz CT molecular complexity index is 325. The minimum atomic E-state index is -2.87. The maximum absolute atomic E-state index is 11.5. The highest BCUT2D eigenvalue weighted by Gasteiger charge is 2.29. The van der Waals surface area contributed by atoms with Gasteiger partial charge in [0.15, 0.2) is 0 Å². The van der Waals surface area contributed by atoms with E-state index in [1.54, 1.807) is 18.9 Å². The first-order valence-electron chi connectivity index (χ1n) is 4.94. The maximum atomic E-state index is 11.5. The summed E-state index contributed by atoms with van der Waals surface area (Å²) in [5.41, 5.74) is 0. The second-order valence-electron chi connectivity index (χ2n) is 3.95. The zero-order valence-corrected chi connectivity index (χ0v) is 10.5. The molecule has 1 unspecified atom stereocenters. The third-order valence-corrected chi connectivity index (χ3v) is 4.66. The Morgan fingerprint density at radius 2 is 1.87 bits per heavy atom. The quantitative estimate of drug-likeness (QED) is 0.679. The lowest BCUT2D eigenvalue weighted by Crippen LogP contribution is -2.44. The summed E-state index contributed by atoms with van der Waals surface area (Å²) in [5, 5.41) is -0.548. The highest BCUT2D eigenvalue weighted by molar-refractivity contribution is 7.91. The van der Waals surface area contributed by atoms with Gasteiger partial charge in [-0.1, -0.05) is 0 Å². The Labute approximate surface area is 95.5 Å². The van der Waals surface area contributed by atoms with Crippen molar-refractivity contribution in [1.29, 1.82) is 0 Å². The lowest BCUT2D eigenvalue weighted by atomic mass is 10.1. The molecule has 0 aromatic heterocycles. The molecule has 0 N–H and O–H groups in total. The largest absolute Gasteiger partial charge is 0.341 e. The number of rotatable bonds is 2. The van der Waals surface area contributed by atoms with Crippen molar-refractivity contribution in [2.45, 2.75) is 31.2 Å². The number of sulfone groups is 1. The molecule has 15 heavy (non-hydrogen) atoms. The molecule has 1 fully saturated rings. The van der Waals surface area contributed by atoms with Crippen molar-refractivity contribution in [2.24, 2.45) is 0 Å². The van der Waals surface area contributed by atoms with Crippen LogP contribution in [0.25, 0.3) is 0 Å². The van der Waals surface area contributed by atoms with E-state index in [2.05, 4.69) is 0 Å². The lowest BCUT2D eigenvalue weighted by Gasteiger charge is -2.31. The zero-order chi connectivity index (χ0) is 11.6. The average Bonchev–Trinajstić information content (AvgIpc) is 2.15. The fourth-order valence-corrected chi connectivity index (χ4v) is 3.35. The van der Waals surface area contributed by atoms with Crippen molar-refractivity contribution in [1.82, 2.24) is 4.90 Å². The Morgan fingerprint density at radius 1 is 1.40 bits per heavy atom. The second-order valence-corrected chi connectivity index (χ2v) is 6.91. The molecule has 0 bridgehead atoms. The van der Waals surface area contributed by atoms with Gasteiger partial charge < -0.3 is 4.90 Å². The van der Waals surface area contributed by atoms with Crippen LogP contribution in [0.4, 0.5) is 0 Å². The molecule has 6 heteroatoms. The monoisotopic (exact) mass is 253 g/mol. The smallest absolute Gasteiger partial charge is 0.240 e. The number of hydrogen-bond donors (Lipinski definition) is 0. The summed E-state index contributed by atoms with van der Waals surface area (Å²) in [4.78, 5) is 13.1. The van der Waals surface area contributed by atoms with E-state index in [0.717, 1.165) is 0 Å². The molecule has 1 heterocycles. The van der Waals surface area contributed by atoms with Crippen LogP contribution in [-0.2, 0) is 14.6 Å². The molecule has 0 saturated carbocycles. The number of nitrogens with zero attached hydrogens (tertiary/aromatic N) is 1. The standard InChI is InChI=1S/C9H16ClNO3S/c1-7(10)9(12)11(2)8-3-5-15(13,14)6-4-8/h7-8H,3-6H2,1-2H3. The molecule has 88 valence electrons. The van der Waals surface area contributed by atoms with Gasteiger partial charge in [0.25, 0.3) is 0 Å². The minimum absolute atomic E-state index is 0.0159. The Hall–Kier alpha value is -0.290. The van der Waals surface area contributed by atoms with E-state index >= 15 is 0 Å². The van der Waals surface area contributed by atoms with Crippen LogP contribution in [0.3, 0.4) is 0 Å². The summed E-state index contributed by atoms with van der Waals surface area (Å²) in [6, 6.07) is 0.0159. The first-order valence-corrected chi connectivity index (χ1v) is 7.20. The highest BCUT2D eigenvalue weighted by atomic mass is 35.5. The van der Waals surface area contributed by atoms with Crippen molar-refractivity contribution in [3.05, 3.63) is 0 Å². The molecule has 0 spiro atoms. The van der Waals surface area contributed by atoms with Gasteiger partial charge in [-0.25, -0.2) is 8.42 Å². The van der Waals surface area contributed by atoms with Crippen LogP contribution in [0.5, 0.6) is 0 Å². The fraction of sp³-hybridized carbons (Fsp3) is 0.889. The topological polar surface area (TPSA) is 54.5 Å². The van der Waals surface area contributed by atoms with Crippen molar-refractivity contribution in [3.63, 3.8) is 0 Å². The second kappa shape index (κ2) is 4.70. The van der Waals surface area contributed by atoms with E-state index in [9.17, 15) is 13.2 Å². The number of halogens is 1. The van der Waals surface area contributed by atoms with Gasteiger partial charge in [0.05, 0.1) is 11.5 Å². The van der Waals surface area contributed by atoms with Crippen LogP contribution < -0.4 is 0 Å². The minimum Gasteiger partial charge on any atom is -0.341 e. The van der Waals surface area contributed by atoms with E-state index in [-0.39, 0.29) is 23.5 Å². The summed E-state index contributed by atoms with van der Waals surface area (Å²) >= 11 is 5.69. The molecule has 1 aliphatic rings. The Balaban J connectivity index is 2.57. The van der Waals surface area contributed by atoms with Crippen molar-refractivity contribution >= 4 is 27.3 Å². The maximum Gasteiger partial charge on any atom is 0.240 e. The molecule has 1 saturated heterocycles. The number of amides is 1. The zero-order valence-electron chi connectivity index (χ0n) is 8.94. The van der Waals surface area contributed by atoms with Gasteiger partial charge in [-0.05, 0) is 19.8 Å². The summed E-state index contributed by atoms with van der Waals surface area (Å²) in [6.07, 6.45) is 1.04. The van der Waals surface area contributed by atoms with Crippen LogP contribution >= 0.6 is 11.6 Å². The van der Waals surface area contributed by atoms with Gasteiger partial charge in [-0.3, -0.25) is 4.79 Å². The van der Waals surface area contributed by atoms with Gasteiger partial charge in [0, 0.05) is 13.1 Å². The van der Waals surface area contributed by atoms with Crippen LogP contribution in [0.2, 0.25) is 0 Å². The van der Waals surface area contributed by atoms with E-state index in [0.29, 0.717) is 12.8 Å². The van der Waals surface area contributed by atoms with Crippen LogP contribution in [0, 0.1) is 0 Å². The number of carbonyl (C=O) groups excluding carboxylic acids is 1. The van der Waals surface area contributed by atoms with E-state index < -0.39 is 15.2 Å². The van der Waals surface area contributed by atoms with Gasteiger partial charge in [-0.15, -0.1) is 11.6 Å².